The van der Waals surface area contributed by atoms with Gasteiger partial charge in [0.2, 0.25) is 11.1 Å². The van der Waals surface area contributed by atoms with Gasteiger partial charge in [-0.3, -0.25) is 9.89 Å². The van der Waals surface area contributed by atoms with Crippen molar-refractivity contribution in [2.75, 3.05) is 13.1 Å². The first-order chi connectivity index (χ1) is 11.9. The number of carbonyl (C=O) groups is 1. The zero-order chi connectivity index (χ0) is 18.4. The third-order valence-corrected chi connectivity index (χ3v) is 4.83. The topological polar surface area (TPSA) is 61.9 Å². The van der Waals surface area contributed by atoms with Crippen LogP contribution in [0.5, 0.6) is 0 Å². The Morgan fingerprint density at radius 2 is 2.00 bits per heavy atom. The van der Waals surface area contributed by atoms with Gasteiger partial charge in [0.25, 0.3) is 0 Å². The van der Waals surface area contributed by atoms with Gasteiger partial charge < -0.3 is 4.90 Å². The van der Waals surface area contributed by atoms with Crippen molar-refractivity contribution in [2.45, 2.75) is 44.5 Å². The molecule has 0 saturated carbocycles. The molecule has 0 bridgehead atoms. The molecule has 2 aromatic rings. The van der Waals surface area contributed by atoms with Crippen molar-refractivity contribution in [3.8, 4) is 11.4 Å². The van der Waals surface area contributed by atoms with Crippen molar-refractivity contribution in [1.29, 1.82) is 0 Å². The molecule has 0 aliphatic rings. The van der Waals surface area contributed by atoms with E-state index >= 15 is 0 Å². The van der Waals surface area contributed by atoms with Crippen LogP contribution in [0.4, 0.5) is 0 Å². The van der Waals surface area contributed by atoms with Gasteiger partial charge in [-0.2, -0.15) is 0 Å². The molecule has 0 radical (unpaired) electrons. The van der Waals surface area contributed by atoms with E-state index in [1.807, 2.05) is 32.9 Å². The first kappa shape index (κ1) is 19.2. The number of thioether (sulfide) groups is 1. The number of nitrogens with one attached hydrogen (secondary N) is 1. The molecular formula is C19H26N4OS. The monoisotopic (exact) mass is 358 g/mol. The summed E-state index contributed by atoms with van der Waals surface area (Å²) in [5.41, 5.74) is 3.25. The fourth-order valence-electron chi connectivity index (χ4n) is 2.46. The molecule has 6 heteroatoms. The van der Waals surface area contributed by atoms with Gasteiger partial charge in [0.05, 0.1) is 5.25 Å². The van der Waals surface area contributed by atoms with Crippen molar-refractivity contribution in [2.24, 2.45) is 0 Å². The van der Waals surface area contributed by atoms with E-state index in [4.69, 9.17) is 0 Å². The van der Waals surface area contributed by atoms with Gasteiger partial charge in [0.1, 0.15) is 0 Å². The molecule has 1 amide bonds. The Morgan fingerprint density at radius 3 is 2.56 bits per heavy atom. The molecule has 25 heavy (non-hydrogen) atoms. The number of rotatable bonds is 8. The molecule has 1 aromatic heterocycles. The summed E-state index contributed by atoms with van der Waals surface area (Å²) in [5.74, 6) is 0.799. The van der Waals surface area contributed by atoms with Crippen LogP contribution in [-0.4, -0.2) is 44.3 Å². The predicted molar refractivity (Wildman–Crippen MR) is 104 cm³/mol. The third-order valence-electron chi connectivity index (χ3n) is 3.88. The fourth-order valence-corrected chi connectivity index (χ4v) is 3.27. The highest BCUT2D eigenvalue weighted by atomic mass is 32.2. The largest absolute Gasteiger partial charge is 0.338 e. The number of likely N-dealkylation sites (N-methyl/N-ethyl adjacent to an activating group) is 1. The van der Waals surface area contributed by atoms with E-state index in [0.717, 1.165) is 23.4 Å². The maximum absolute atomic E-state index is 12.6. The Balaban J connectivity index is 2.04. The summed E-state index contributed by atoms with van der Waals surface area (Å²) in [6.45, 7) is 13.1. The van der Waals surface area contributed by atoms with Crippen LogP contribution in [0, 0.1) is 0 Å². The number of hydrogen-bond acceptors (Lipinski definition) is 4. The van der Waals surface area contributed by atoms with E-state index < -0.39 is 0 Å². The fraction of sp³-hybridized carbons (Fsp3) is 0.421. The lowest BCUT2D eigenvalue weighted by atomic mass is 10.1. The molecule has 0 aliphatic carbocycles. The molecule has 5 nitrogen and oxygen atoms in total. The number of H-pyrrole nitrogens is 1. The summed E-state index contributed by atoms with van der Waals surface area (Å²) in [5, 5.41) is 7.54. The molecule has 0 saturated heterocycles. The van der Waals surface area contributed by atoms with Gasteiger partial charge in [0, 0.05) is 18.7 Å². The molecule has 1 N–H and O–H groups in total. The molecular weight excluding hydrogens is 332 g/mol. The Kier molecular flexibility index (Phi) is 6.82. The number of aromatic nitrogens is 3. The van der Waals surface area contributed by atoms with Gasteiger partial charge in [-0.05, 0) is 32.8 Å². The highest BCUT2D eigenvalue weighted by molar-refractivity contribution is 8.00. The molecule has 1 aromatic carbocycles. The Bertz CT molecular complexity index is 723. The van der Waals surface area contributed by atoms with E-state index in [2.05, 4.69) is 40.8 Å². The van der Waals surface area contributed by atoms with Crippen molar-refractivity contribution in [3.05, 3.63) is 42.0 Å². The maximum Gasteiger partial charge on any atom is 0.236 e. The molecule has 0 aliphatic heterocycles. The third kappa shape index (κ3) is 5.19. The van der Waals surface area contributed by atoms with Crippen LogP contribution >= 0.6 is 11.8 Å². The number of carbonyl (C=O) groups excluding carboxylic acids is 1. The van der Waals surface area contributed by atoms with E-state index in [1.165, 1.54) is 17.3 Å². The lowest BCUT2D eigenvalue weighted by Gasteiger charge is -2.23. The van der Waals surface area contributed by atoms with Gasteiger partial charge in [0.15, 0.2) is 5.82 Å². The summed E-state index contributed by atoms with van der Waals surface area (Å²) < 4.78 is 0. The zero-order valence-electron chi connectivity index (χ0n) is 15.4. The van der Waals surface area contributed by atoms with E-state index in [1.54, 1.807) is 4.90 Å². The highest BCUT2D eigenvalue weighted by Crippen LogP contribution is 2.24. The Labute approximate surface area is 153 Å². The Hall–Kier alpha value is -2.08. The van der Waals surface area contributed by atoms with Gasteiger partial charge in [-0.1, -0.05) is 55.1 Å². The number of aryl methyl sites for hydroxylation is 1. The minimum atomic E-state index is -0.245. The van der Waals surface area contributed by atoms with Crippen LogP contribution in [-0.2, 0) is 11.2 Å². The van der Waals surface area contributed by atoms with Crippen molar-refractivity contribution in [1.82, 2.24) is 20.1 Å². The van der Waals surface area contributed by atoms with Crippen LogP contribution in [0.1, 0.15) is 33.3 Å². The summed E-state index contributed by atoms with van der Waals surface area (Å²) in [6, 6.07) is 8.25. The van der Waals surface area contributed by atoms with E-state index in [0.29, 0.717) is 18.2 Å². The van der Waals surface area contributed by atoms with Gasteiger partial charge >= 0.3 is 0 Å². The normalized spacial score (nSPS) is 12.0. The van der Waals surface area contributed by atoms with Gasteiger partial charge in [-0.25, -0.2) is 4.98 Å². The summed E-state index contributed by atoms with van der Waals surface area (Å²) in [4.78, 5) is 18.9. The number of hydrogen-bond donors (Lipinski definition) is 1. The van der Waals surface area contributed by atoms with Crippen molar-refractivity contribution < 1.29 is 4.79 Å². The molecule has 2 rings (SSSR count). The minimum absolute atomic E-state index is 0.0779. The molecule has 1 unspecified atom stereocenters. The molecule has 1 atom stereocenters. The summed E-state index contributed by atoms with van der Waals surface area (Å²) >= 11 is 1.37. The molecule has 1 heterocycles. The summed E-state index contributed by atoms with van der Waals surface area (Å²) in [6.07, 6.45) is 1.01. The predicted octanol–water partition coefficient (Wildman–Crippen LogP) is 3.94. The SMILES string of the molecule is C=C(C)CN(CC)C(=O)C(C)Sc1n[nH]c(-c2ccc(CC)cc2)n1. The highest BCUT2D eigenvalue weighted by Gasteiger charge is 2.22. The lowest BCUT2D eigenvalue weighted by Crippen LogP contribution is -2.37. The number of amides is 1. The number of nitrogens with zero attached hydrogens (tertiary/aromatic N) is 3. The second-order valence-corrected chi connectivity index (χ2v) is 7.39. The quantitative estimate of drug-likeness (QED) is 0.573. The zero-order valence-corrected chi connectivity index (χ0v) is 16.2. The smallest absolute Gasteiger partial charge is 0.236 e. The Morgan fingerprint density at radius 1 is 1.32 bits per heavy atom. The molecule has 0 spiro atoms. The molecule has 134 valence electrons. The van der Waals surface area contributed by atoms with E-state index in [9.17, 15) is 4.79 Å². The average molecular weight is 359 g/mol. The van der Waals surface area contributed by atoms with E-state index in [-0.39, 0.29) is 11.2 Å². The standard InChI is InChI=1S/C19H26N4OS/c1-6-15-8-10-16(11-9-15)17-20-19(22-21-17)25-14(5)18(24)23(7-2)12-13(3)4/h8-11,14H,3,6-7,12H2,1-2,4-5H3,(H,20,21,22). The van der Waals surface area contributed by atoms with Gasteiger partial charge in [-0.15, -0.1) is 5.10 Å². The van der Waals surface area contributed by atoms with Crippen LogP contribution in [0.2, 0.25) is 0 Å². The second-order valence-electron chi connectivity index (χ2n) is 6.09. The van der Waals surface area contributed by atoms with Crippen molar-refractivity contribution in [3.63, 3.8) is 0 Å². The molecule has 0 fully saturated rings. The maximum atomic E-state index is 12.6. The first-order valence-electron chi connectivity index (χ1n) is 8.56. The first-order valence-corrected chi connectivity index (χ1v) is 9.44. The van der Waals surface area contributed by atoms with Crippen molar-refractivity contribution >= 4 is 17.7 Å². The van der Waals surface area contributed by atoms with Crippen LogP contribution in [0.25, 0.3) is 11.4 Å². The van der Waals surface area contributed by atoms with Crippen LogP contribution in [0.3, 0.4) is 0 Å². The minimum Gasteiger partial charge on any atom is -0.338 e. The summed E-state index contributed by atoms with van der Waals surface area (Å²) in [7, 11) is 0. The number of aromatic amines is 1. The number of benzene rings is 1. The lowest BCUT2D eigenvalue weighted by molar-refractivity contribution is -0.129. The average Bonchev–Trinajstić information content (AvgIpc) is 3.07. The second kappa shape index (κ2) is 8.85. The van der Waals surface area contributed by atoms with Crippen LogP contribution in [0.15, 0.2) is 41.6 Å². The van der Waals surface area contributed by atoms with Crippen LogP contribution < -0.4 is 0 Å².